The van der Waals surface area contributed by atoms with Crippen LogP contribution in [0.5, 0.6) is 0 Å². The molecule has 0 spiro atoms. The van der Waals surface area contributed by atoms with E-state index in [1.807, 2.05) is 0 Å². The molecule has 0 aliphatic heterocycles. The van der Waals surface area contributed by atoms with Crippen LogP contribution in [0, 0.1) is 0 Å². The smallest absolute Gasteiger partial charge is 0.0512 e. The predicted octanol–water partition coefficient (Wildman–Crippen LogP) is 15.8. The minimum absolute atomic E-state index is 0.346. The Bertz CT molecular complexity index is 3130. The van der Waals surface area contributed by atoms with Gasteiger partial charge in [0.15, 0.2) is 0 Å². The van der Waals surface area contributed by atoms with Crippen molar-refractivity contribution in [1.29, 1.82) is 0 Å². The zero-order valence-corrected chi connectivity index (χ0v) is 32.9. The molecule has 0 bridgehead atoms. The molecule has 0 amide bonds. The first-order chi connectivity index (χ1) is 29.2. The van der Waals surface area contributed by atoms with E-state index in [9.17, 15) is 0 Å². The molecule has 0 heterocycles. The van der Waals surface area contributed by atoms with Gasteiger partial charge in [0.05, 0.1) is 5.69 Å². The molecular weight excluding hydrogens is 711 g/mol. The van der Waals surface area contributed by atoms with Crippen LogP contribution in [-0.4, -0.2) is 0 Å². The first kappa shape index (κ1) is 34.7. The van der Waals surface area contributed by atoms with Crippen LogP contribution in [0.4, 0.5) is 17.1 Å². The van der Waals surface area contributed by atoms with E-state index in [1.165, 1.54) is 88.4 Å². The molecular formula is C58H41N. The number of nitrogens with zero attached hydrogens (tertiary/aromatic N) is 1. The topological polar surface area (TPSA) is 3.24 Å². The summed E-state index contributed by atoms with van der Waals surface area (Å²) in [5, 5.41) is 5.04. The van der Waals surface area contributed by atoms with Crippen molar-refractivity contribution in [2.45, 2.75) is 12.3 Å². The molecule has 10 aromatic rings. The lowest BCUT2D eigenvalue weighted by atomic mass is 9.73. The molecule has 1 heteroatoms. The summed E-state index contributed by atoms with van der Waals surface area (Å²) < 4.78 is 0. The normalized spacial score (nSPS) is 14.3. The van der Waals surface area contributed by atoms with Crippen LogP contribution in [0.25, 0.3) is 66.1 Å². The molecule has 1 nitrogen and oxygen atoms in total. The van der Waals surface area contributed by atoms with Crippen LogP contribution >= 0.6 is 0 Å². The molecule has 10 aromatic carbocycles. The standard InChI is InChI=1S/C58H41N/c1-58(44-23-10-4-11-24-44)53-31-17-16-28-49(53)51-30-18-32-54(57(51)58)59(45-25-12-5-13-26-45)46-36-33-40(34-37-46)43-35-38-48-47-27-14-15-29-50(47)55(41-19-6-2-7-20-41)56(52(48)39-43)42-21-8-3-9-22-42/h2-39H,1H3. The van der Waals surface area contributed by atoms with Crippen LogP contribution < -0.4 is 4.90 Å². The van der Waals surface area contributed by atoms with Crippen molar-refractivity contribution in [3.8, 4) is 44.5 Å². The second-order valence-corrected chi connectivity index (χ2v) is 15.7. The Balaban J connectivity index is 1.09. The largest absolute Gasteiger partial charge is 0.310 e. The minimum Gasteiger partial charge on any atom is -0.310 e. The average molecular weight is 752 g/mol. The molecule has 0 aromatic heterocycles. The van der Waals surface area contributed by atoms with E-state index in [0.717, 1.165) is 11.4 Å². The fourth-order valence-electron chi connectivity index (χ4n) is 9.82. The van der Waals surface area contributed by atoms with Crippen molar-refractivity contribution in [2.75, 3.05) is 4.90 Å². The van der Waals surface area contributed by atoms with Crippen LogP contribution in [-0.2, 0) is 5.41 Å². The van der Waals surface area contributed by atoms with E-state index in [2.05, 4.69) is 242 Å². The van der Waals surface area contributed by atoms with Gasteiger partial charge in [-0.25, -0.2) is 0 Å². The summed E-state index contributed by atoms with van der Waals surface area (Å²) in [5.74, 6) is 0. The summed E-state index contributed by atoms with van der Waals surface area (Å²) in [6.07, 6.45) is 0. The van der Waals surface area contributed by atoms with E-state index in [1.54, 1.807) is 0 Å². The minimum atomic E-state index is -0.346. The molecule has 1 unspecified atom stereocenters. The highest BCUT2D eigenvalue weighted by Gasteiger charge is 2.43. The summed E-state index contributed by atoms with van der Waals surface area (Å²) in [5.41, 5.74) is 16.9. The highest BCUT2D eigenvalue weighted by Crippen LogP contribution is 2.57. The third kappa shape index (κ3) is 5.62. The summed E-state index contributed by atoms with van der Waals surface area (Å²) in [7, 11) is 0. The summed E-state index contributed by atoms with van der Waals surface area (Å²) in [6, 6.07) is 84.4. The second-order valence-electron chi connectivity index (χ2n) is 15.7. The number of hydrogen-bond acceptors (Lipinski definition) is 1. The highest BCUT2D eigenvalue weighted by molar-refractivity contribution is 6.22. The molecule has 278 valence electrons. The molecule has 0 saturated carbocycles. The lowest BCUT2D eigenvalue weighted by Gasteiger charge is -2.34. The summed E-state index contributed by atoms with van der Waals surface area (Å²) in [4.78, 5) is 2.45. The number of para-hydroxylation sites is 1. The molecule has 0 saturated heterocycles. The maximum atomic E-state index is 2.45. The Morgan fingerprint density at radius 2 is 0.847 bits per heavy atom. The zero-order chi connectivity index (χ0) is 39.3. The van der Waals surface area contributed by atoms with Crippen LogP contribution in [0.1, 0.15) is 23.6 Å². The van der Waals surface area contributed by atoms with Gasteiger partial charge in [-0.05, 0) is 126 Å². The summed E-state index contributed by atoms with van der Waals surface area (Å²) in [6.45, 7) is 2.40. The van der Waals surface area contributed by atoms with Gasteiger partial charge in [0.2, 0.25) is 0 Å². The first-order valence-corrected chi connectivity index (χ1v) is 20.5. The number of benzene rings is 10. The van der Waals surface area contributed by atoms with Crippen molar-refractivity contribution in [3.63, 3.8) is 0 Å². The van der Waals surface area contributed by atoms with E-state index < -0.39 is 0 Å². The van der Waals surface area contributed by atoms with E-state index in [-0.39, 0.29) is 5.41 Å². The molecule has 1 aliphatic carbocycles. The maximum Gasteiger partial charge on any atom is 0.0512 e. The SMILES string of the molecule is CC1(c2ccccc2)c2ccccc2-c2cccc(N(c3ccccc3)c3ccc(-c4ccc5c(c4)c(-c4ccccc4)c(-c4ccccc4)c4ccccc45)cc3)c21. The van der Waals surface area contributed by atoms with Crippen molar-refractivity contribution >= 4 is 38.6 Å². The lowest BCUT2D eigenvalue weighted by molar-refractivity contribution is 0.714. The molecule has 0 N–H and O–H groups in total. The molecule has 0 fully saturated rings. The number of rotatable bonds is 7. The average Bonchev–Trinajstić information content (AvgIpc) is 3.59. The highest BCUT2D eigenvalue weighted by atomic mass is 15.1. The monoisotopic (exact) mass is 751 g/mol. The molecule has 59 heavy (non-hydrogen) atoms. The lowest BCUT2D eigenvalue weighted by Crippen LogP contribution is -2.25. The van der Waals surface area contributed by atoms with Gasteiger partial charge in [-0.1, -0.05) is 194 Å². The molecule has 1 atom stereocenters. The maximum absolute atomic E-state index is 2.45. The van der Waals surface area contributed by atoms with Crippen molar-refractivity contribution in [1.82, 2.24) is 0 Å². The molecule has 11 rings (SSSR count). The van der Waals surface area contributed by atoms with Crippen LogP contribution in [0.2, 0.25) is 0 Å². The van der Waals surface area contributed by atoms with E-state index in [4.69, 9.17) is 0 Å². The Labute approximate surface area is 346 Å². The van der Waals surface area contributed by atoms with Gasteiger partial charge in [0.1, 0.15) is 0 Å². The zero-order valence-electron chi connectivity index (χ0n) is 32.9. The van der Waals surface area contributed by atoms with Crippen LogP contribution in [0.3, 0.4) is 0 Å². The first-order valence-electron chi connectivity index (χ1n) is 20.5. The fraction of sp³-hybridized carbons (Fsp3) is 0.0345. The van der Waals surface area contributed by atoms with Gasteiger partial charge in [0.25, 0.3) is 0 Å². The second kappa shape index (κ2) is 14.2. The Morgan fingerprint density at radius 3 is 1.54 bits per heavy atom. The third-order valence-corrected chi connectivity index (χ3v) is 12.5. The van der Waals surface area contributed by atoms with Gasteiger partial charge in [-0.15, -0.1) is 0 Å². The Hall–Kier alpha value is -7.48. The molecule has 0 radical (unpaired) electrons. The van der Waals surface area contributed by atoms with Gasteiger partial charge >= 0.3 is 0 Å². The van der Waals surface area contributed by atoms with Crippen molar-refractivity contribution < 1.29 is 0 Å². The van der Waals surface area contributed by atoms with Gasteiger partial charge in [0, 0.05) is 16.8 Å². The van der Waals surface area contributed by atoms with E-state index in [0.29, 0.717) is 0 Å². The number of hydrogen-bond donors (Lipinski definition) is 0. The quantitative estimate of drug-likeness (QED) is 0.147. The predicted molar refractivity (Wildman–Crippen MR) is 250 cm³/mol. The van der Waals surface area contributed by atoms with Gasteiger partial charge < -0.3 is 4.90 Å². The molecule has 1 aliphatic rings. The van der Waals surface area contributed by atoms with Gasteiger partial charge in [-0.3, -0.25) is 0 Å². The Morgan fingerprint density at radius 1 is 0.339 bits per heavy atom. The van der Waals surface area contributed by atoms with Crippen molar-refractivity contribution in [3.05, 3.63) is 247 Å². The van der Waals surface area contributed by atoms with Gasteiger partial charge in [-0.2, -0.15) is 0 Å². The number of anilines is 3. The van der Waals surface area contributed by atoms with Crippen LogP contribution in [0.15, 0.2) is 231 Å². The Kier molecular flexibility index (Phi) is 8.34. The van der Waals surface area contributed by atoms with Crippen molar-refractivity contribution in [2.24, 2.45) is 0 Å². The third-order valence-electron chi connectivity index (χ3n) is 12.5. The fourth-order valence-corrected chi connectivity index (χ4v) is 9.82. The number of fused-ring (bicyclic) bond motifs is 6. The summed E-state index contributed by atoms with van der Waals surface area (Å²) >= 11 is 0. The van der Waals surface area contributed by atoms with E-state index >= 15 is 0 Å².